The molecule has 95 valence electrons. The van der Waals surface area contributed by atoms with Gasteiger partial charge in [-0.15, -0.1) is 0 Å². The topological polar surface area (TPSA) is 0 Å². The molecule has 0 fully saturated rings. The molecule has 0 N–H and O–H groups in total. The maximum Gasteiger partial charge on any atom is 0 e. The third-order valence-electron chi connectivity index (χ3n) is 3.38. The van der Waals surface area contributed by atoms with Crippen LogP contribution in [0, 0.1) is 0 Å². The van der Waals surface area contributed by atoms with Crippen LogP contribution in [0.2, 0.25) is 0 Å². The van der Waals surface area contributed by atoms with Crippen LogP contribution >= 0.6 is 0 Å². The molecule has 4 rings (SSSR count). The van der Waals surface area contributed by atoms with Crippen molar-refractivity contribution >= 4 is 12.2 Å². The van der Waals surface area contributed by atoms with Crippen molar-refractivity contribution in [1.82, 2.24) is 0 Å². The quantitative estimate of drug-likeness (QED) is 0.625. The number of rotatable bonds is 0. The van der Waals surface area contributed by atoms with E-state index >= 15 is 0 Å². The van der Waals surface area contributed by atoms with Crippen LogP contribution in [-0.4, -0.2) is 0 Å². The Balaban J connectivity index is 0.000000133. The van der Waals surface area contributed by atoms with Crippen molar-refractivity contribution in [2.75, 3.05) is 0 Å². The van der Waals surface area contributed by atoms with Crippen LogP contribution in [0.4, 0.5) is 0 Å². The Morgan fingerprint density at radius 3 is 1.42 bits per heavy atom. The Morgan fingerprint density at radius 1 is 0.579 bits per heavy atom. The molecule has 1 radical (unpaired) electrons. The number of allylic oxidation sites excluding steroid dienone is 2. The van der Waals surface area contributed by atoms with E-state index < -0.39 is 0 Å². The molecule has 2 aliphatic carbocycles. The summed E-state index contributed by atoms with van der Waals surface area (Å²) in [5, 5.41) is 0. The van der Waals surface area contributed by atoms with Gasteiger partial charge in [0.15, 0.2) is 0 Å². The van der Waals surface area contributed by atoms with Gasteiger partial charge in [0.2, 0.25) is 0 Å². The van der Waals surface area contributed by atoms with E-state index in [1.54, 1.807) is 0 Å². The van der Waals surface area contributed by atoms with Gasteiger partial charge < -0.3 is 0 Å². The Morgan fingerprint density at radius 2 is 1.00 bits per heavy atom. The molecule has 0 saturated carbocycles. The van der Waals surface area contributed by atoms with Crippen molar-refractivity contribution in [3.63, 3.8) is 0 Å². The molecule has 2 aromatic carbocycles. The first-order valence-corrected chi connectivity index (χ1v) is 6.42. The van der Waals surface area contributed by atoms with Gasteiger partial charge >= 0.3 is 0 Å². The van der Waals surface area contributed by atoms with Crippen LogP contribution < -0.4 is 0 Å². The fourth-order valence-electron chi connectivity index (χ4n) is 2.39. The molecule has 0 amide bonds. The summed E-state index contributed by atoms with van der Waals surface area (Å²) in [4.78, 5) is 0. The van der Waals surface area contributed by atoms with Crippen LogP contribution in [0.5, 0.6) is 0 Å². The Hall–Kier alpha value is -1.56. The van der Waals surface area contributed by atoms with E-state index in [0.717, 1.165) is 12.8 Å². The second-order valence-corrected chi connectivity index (χ2v) is 4.61. The molecule has 0 aromatic heterocycles. The van der Waals surface area contributed by atoms with Crippen LogP contribution in [0.3, 0.4) is 0 Å². The first-order valence-electron chi connectivity index (χ1n) is 6.42. The average Bonchev–Trinajstić information content (AvgIpc) is 3.08. The van der Waals surface area contributed by atoms with Gasteiger partial charge in [0.05, 0.1) is 0 Å². The largest absolute Gasteiger partial charge is 0.0795 e. The Labute approximate surface area is 125 Å². The van der Waals surface area contributed by atoms with Gasteiger partial charge in [-0.1, -0.05) is 72.8 Å². The monoisotopic (exact) mass is 287 g/mol. The predicted molar refractivity (Wildman–Crippen MR) is 78.4 cm³/mol. The molecule has 1 heteroatoms. The van der Waals surface area contributed by atoms with Crippen molar-refractivity contribution in [3.8, 4) is 0 Å². The predicted octanol–water partition coefficient (Wildman–Crippen LogP) is 4.51. The van der Waals surface area contributed by atoms with Gasteiger partial charge in [-0.3, -0.25) is 0 Å². The zero-order chi connectivity index (χ0) is 12.2. The minimum atomic E-state index is 0. The van der Waals surface area contributed by atoms with Crippen molar-refractivity contribution < 1.29 is 17.1 Å². The molecule has 2 aliphatic rings. The van der Waals surface area contributed by atoms with Gasteiger partial charge in [0, 0.05) is 17.1 Å². The summed E-state index contributed by atoms with van der Waals surface area (Å²) >= 11 is 0. The van der Waals surface area contributed by atoms with E-state index in [0.29, 0.717) is 0 Å². The summed E-state index contributed by atoms with van der Waals surface area (Å²) in [7, 11) is 0. The van der Waals surface area contributed by atoms with Crippen LogP contribution in [-0.2, 0) is 29.9 Å². The van der Waals surface area contributed by atoms with Crippen molar-refractivity contribution in [1.29, 1.82) is 0 Å². The molecule has 0 bridgehead atoms. The van der Waals surface area contributed by atoms with Crippen molar-refractivity contribution in [3.05, 3.63) is 82.9 Å². The zero-order valence-electron chi connectivity index (χ0n) is 10.7. The van der Waals surface area contributed by atoms with Gasteiger partial charge in [0.1, 0.15) is 0 Å². The summed E-state index contributed by atoms with van der Waals surface area (Å²) in [5.74, 6) is 0. The van der Waals surface area contributed by atoms with Gasteiger partial charge in [0.25, 0.3) is 0 Å². The SMILES string of the molecule is C1=Cc2ccccc2C1.C1=Cc2ccccc2C1.[Mn]. The Kier molecular flexibility index (Phi) is 4.79. The second-order valence-electron chi connectivity index (χ2n) is 4.61. The number of hydrogen-bond acceptors (Lipinski definition) is 0. The molecular weight excluding hydrogens is 271 g/mol. The summed E-state index contributed by atoms with van der Waals surface area (Å²) < 4.78 is 0. The molecule has 2 aromatic rings. The van der Waals surface area contributed by atoms with Crippen molar-refractivity contribution in [2.24, 2.45) is 0 Å². The molecular formula is C18H16Mn. The average molecular weight is 287 g/mol. The molecule has 0 saturated heterocycles. The second kappa shape index (κ2) is 6.56. The van der Waals surface area contributed by atoms with Crippen LogP contribution in [0.1, 0.15) is 22.3 Å². The summed E-state index contributed by atoms with van der Waals surface area (Å²) in [6.45, 7) is 0. The first kappa shape index (κ1) is 13.9. The Bertz CT molecular complexity index is 553. The van der Waals surface area contributed by atoms with E-state index in [-0.39, 0.29) is 17.1 Å². The van der Waals surface area contributed by atoms with Crippen molar-refractivity contribution in [2.45, 2.75) is 12.8 Å². The zero-order valence-corrected chi connectivity index (χ0v) is 11.9. The third kappa shape index (κ3) is 3.26. The van der Waals surface area contributed by atoms with Gasteiger partial charge in [-0.2, -0.15) is 0 Å². The fourth-order valence-corrected chi connectivity index (χ4v) is 2.39. The van der Waals surface area contributed by atoms with E-state index in [9.17, 15) is 0 Å². The summed E-state index contributed by atoms with van der Waals surface area (Å²) in [6, 6.07) is 17.0. The maximum atomic E-state index is 2.20. The summed E-state index contributed by atoms with van der Waals surface area (Å²) in [6.07, 6.45) is 11.0. The summed E-state index contributed by atoms with van der Waals surface area (Å²) in [5.41, 5.74) is 5.69. The molecule has 0 atom stereocenters. The minimum Gasteiger partial charge on any atom is -0.0795 e. The molecule has 0 unspecified atom stereocenters. The number of hydrogen-bond donors (Lipinski definition) is 0. The third-order valence-corrected chi connectivity index (χ3v) is 3.38. The maximum absolute atomic E-state index is 2.20. The van der Waals surface area contributed by atoms with E-state index in [2.05, 4.69) is 72.8 Å². The van der Waals surface area contributed by atoms with E-state index in [4.69, 9.17) is 0 Å². The van der Waals surface area contributed by atoms with Crippen LogP contribution in [0.15, 0.2) is 60.7 Å². The number of fused-ring (bicyclic) bond motifs is 2. The molecule has 0 nitrogen and oxygen atoms in total. The van der Waals surface area contributed by atoms with Gasteiger partial charge in [-0.05, 0) is 35.1 Å². The number of benzene rings is 2. The molecule has 19 heavy (non-hydrogen) atoms. The standard InChI is InChI=1S/2C9H8.Mn/c2*1-2-5-9-7-3-6-8(9)4-1;/h2*1-6H,7H2;. The molecule has 0 aliphatic heterocycles. The van der Waals surface area contributed by atoms with E-state index in [1.165, 1.54) is 22.3 Å². The molecule has 0 heterocycles. The van der Waals surface area contributed by atoms with Crippen LogP contribution in [0.25, 0.3) is 12.2 Å². The smallest absolute Gasteiger partial charge is 0 e. The minimum absolute atomic E-state index is 0. The van der Waals surface area contributed by atoms with Gasteiger partial charge in [-0.25, -0.2) is 0 Å². The van der Waals surface area contributed by atoms with E-state index in [1.807, 2.05) is 0 Å². The normalized spacial score (nSPS) is 13.1. The molecule has 0 spiro atoms. The first-order chi connectivity index (χ1) is 8.93. The fraction of sp³-hybridized carbons (Fsp3) is 0.111.